The van der Waals surface area contributed by atoms with Gasteiger partial charge in [0.15, 0.2) is 0 Å². The van der Waals surface area contributed by atoms with Crippen molar-refractivity contribution in [3.05, 3.63) is 55.0 Å². The topological polar surface area (TPSA) is 77.3 Å². The van der Waals surface area contributed by atoms with Gasteiger partial charge in [-0.15, -0.1) is 0 Å². The lowest BCUT2D eigenvalue weighted by Gasteiger charge is -2.33. The lowest BCUT2D eigenvalue weighted by Crippen LogP contribution is -2.40. The summed E-state index contributed by atoms with van der Waals surface area (Å²) < 4.78 is 12.9. The first kappa shape index (κ1) is 23.5. The SMILES string of the molecule is COc1cc(OC)cc(N(c2ccc3ncc(-c4cnn(C)c4)nc3c2)C(C)CNC(C)C)c1. The van der Waals surface area contributed by atoms with E-state index in [0.717, 1.165) is 51.7 Å². The summed E-state index contributed by atoms with van der Waals surface area (Å²) in [7, 11) is 5.22. The molecule has 0 fully saturated rings. The Balaban J connectivity index is 1.80. The number of nitrogens with one attached hydrogen (secondary N) is 1. The highest BCUT2D eigenvalue weighted by molar-refractivity contribution is 5.83. The van der Waals surface area contributed by atoms with Gasteiger partial charge in [0.2, 0.25) is 0 Å². The number of hydrogen-bond donors (Lipinski definition) is 1. The highest BCUT2D eigenvalue weighted by Gasteiger charge is 2.20. The third kappa shape index (κ3) is 5.12. The van der Waals surface area contributed by atoms with E-state index >= 15 is 0 Å². The van der Waals surface area contributed by atoms with Crippen LogP contribution in [0.2, 0.25) is 0 Å². The van der Waals surface area contributed by atoms with Crippen LogP contribution in [-0.4, -0.2) is 52.6 Å². The smallest absolute Gasteiger partial charge is 0.124 e. The number of nitrogens with zero attached hydrogens (tertiary/aromatic N) is 5. The summed E-state index contributed by atoms with van der Waals surface area (Å²) in [4.78, 5) is 11.8. The highest BCUT2D eigenvalue weighted by atomic mass is 16.5. The van der Waals surface area contributed by atoms with Gasteiger partial charge in [-0.3, -0.25) is 9.67 Å². The van der Waals surface area contributed by atoms with E-state index in [1.807, 2.05) is 37.5 Å². The Bertz CT molecular complexity index is 1250. The van der Waals surface area contributed by atoms with Gasteiger partial charge in [-0.25, -0.2) is 4.98 Å². The van der Waals surface area contributed by atoms with Crippen molar-refractivity contribution in [2.45, 2.75) is 32.9 Å². The Hall–Kier alpha value is -3.65. The van der Waals surface area contributed by atoms with Gasteiger partial charge in [-0.1, -0.05) is 13.8 Å². The van der Waals surface area contributed by atoms with Crippen LogP contribution in [0.1, 0.15) is 20.8 Å². The summed E-state index contributed by atoms with van der Waals surface area (Å²) in [5.74, 6) is 1.48. The molecule has 2 aromatic carbocycles. The lowest BCUT2D eigenvalue weighted by atomic mass is 10.1. The molecule has 1 unspecified atom stereocenters. The standard InChI is InChI=1S/C26H32N6O2/c1-17(2)27-13-18(3)32(21-9-22(33-5)12-23(10-21)34-6)20-7-8-24-25(11-20)30-26(15-28-24)19-14-29-31(4)16-19/h7-12,14-18,27H,13H2,1-6H3. The van der Waals surface area contributed by atoms with E-state index in [1.54, 1.807) is 31.3 Å². The maximum absolute atomic E-state index is 5.55. The molecule has 4 rings (SSSR count). The summed E-state index contributed by atoms with van der Waals surface area (Å²) in [5, 5.41) is 7.81. The van der Waals surface area contributed by atoms with Crippen molar-refractivity contribution in [2.75, 3.05) is 25.7 Å². The van der Waals surface area contributed by atoms with Crippen LogP contribution in [0.4, 0.5) is 11.4 Å². The maximum atomic E-state index is 5.55. The summed E-state index contributed by atoms with van der Waals surface area (Å²) in [6.45, 7) is 7.30. The molecule has 1 atom stereocenters. The number of aryl methyl sites for hydroxylation is 1. The number of benzene rings is 2. The largest absolute Gasteiger partial charge is 0.497 e. The number of fused-ring (bicyclic) bond motifs is 1. The molecule has 1 N–H and O–H groups in total. The summed E-state index contributed by atoms with van der Waals surface area (Å²) >= 11 is 0. The zero-order chi connectivity index (χ0) is 24.2. The van der Waals surface area contributed by atoms with Crippen LogP contribution < -0.4 is 19.7 Å². The van der Waals surface area contributed by atoms with E-state index in [9.17, 15) is 0 Å². The van der Waals surface area contributed by atoms with E-state index in [2.05, 4.69) is 53.2 Å². The molecule has 178 valence electrons. The number of ether oxygens (including phenoxy) is 2. The van der Waals surface area contributed by atoms with Crippen LogP contribution in [0.25, 0.3) is 22.3 Å². The fourth-order valence-electron chi connectivity index (χ4n) is 3.93. The minimum atomic E-state index is 0.145. The Morgan fingerprint density at radius 2 is 1.68 bits per heavy atom. The van der Waals surface area contributed by atoms with Crippen LogP contribution in [0.5, 0.6) is 11.5 Å². The quantitative estimate of drug-likeness (QED) is 0.392. The molecule has 0 radical (unpaired) electrons. The summed E-state index contributed by atoms with van der Waals surface area (Å²) in [6.07, 6.45) is 5.53. The van der Waals surface area contributed by atoms with Crippen molar-refractivity contribution >= 4 is 22.4 Å². The Labute approximate surface area is 200 Å². The van der Waals surface area contributed by atoms with Crippen LogP contribution >= 0.6 is 0 Å². The molecule has 8 heteroatoms. The lowest BCUT2D eigenvalue weighted by molar-refractivity contribution is 0.394. The molecule has 0 saturated carbocycles. The zero-order valence-electron chi connectivity index (χ0n) is 20.6. The zero-order valence-corrected chi connectivity index (χ0v) is 20.6. The van der Waals surface area contributed by atoms with Crippen molar-refractivity contribution in [1.82, 2.24) is 25.1 Å². The van der Waals surface area contributed by atoms with E-state index < -0.39 is 0 Å². The molecule has 0 bridgehead atoms. The van der Waals surface area contributed by atoms with E-state index in [1.165, 1.54) is 0 Å². The predicted octanol–water partition coefficient (Wildman–Crippen LogP) is 4.57. The monoisotopic (exact) mass is 460 g/mol. The number of anilines is 2. The number of hydrogen-bond acceptors (Lipinski definition) is 7. The van der Waals surface area contributed by atoms with Gasteiger partial charge in [-0.05, 0) is 25.1 Å². The van der Waals surface area contributed by atoms with E-state index in [-0.39, 0.29) is 6.04 Å². The fourth-order valence-corrected chi connectivity index (χ4v) is 3.93. The molecular formula is C26H32N6O2. The van der Waals surface area contributed by atoms with Crippen LogP contribution in [-0.2, 0) is 7.05 Å². The number of aromatic nitrogens is 4. The molecule has 0 amide bonds. The number of methoxy groups -OCH3 is 2. The molecule has 0 spiro atoms. The predicted molar refractivity (Wildman–Crippen MR) is 136 cm³/mol. The molecule has 2 aromatic heterocycles. The first-order chi connectivity index (χ1) is 16.4. The van der Waals surface area contributed by atoms with E-state index in [4.69, 9.17) is 14.5 Å². The minimum Gasteiger partial charge on any atom is -0.497 e. The van der Waals surface area contributed by atoms with Crippen molar-refractivity contribution in [1.29, 1.82) is 0 Å². The second-order valence-corrected chi connectivity index (χ2v) is 8.68. The van der Waals surface area contributed by atoms with Gasteiger partial charge in [0.1, 0.15) is 11.5 Å². The second-order valence-electron chi connectivity index (χ2n) is 8.68. The molecule has 4 aromatic rings. The highest BCUT2D eigenvalue weighted by Crippen LogP contribution is 2.35. The third-order valence-corrected chi connectivity index (χ3v) is 5.68. The molecule has 0 aliphatic carbocycles. The molecule has 0 saturated heterocycles. The van der Waals surface area contributed by atoms with Gasteiger partial charge in [0.25, 0.3) is 0 Å². The van der Waals surface area contributed by atoms with Gasteiger partial charge in [0.05, 0.1) is 43.3 Å². The minimum absolute atomic E-state index is 0.145. The molecular weight excluding hydrogens is 428 g/mol. The van der Waals surface area contributed by atoms with Crippen molar-refractivity contribution in [2.24, 2.45) is 7.05 Å². The average Bonchev–Trinajstić information content (AvgIpc) is 3.28. The van der Waals surface area contributed by atoms with Gasteiger partial charge < -0.3 is 19.7 Å². The molecule has 0 aliphatic heterocycles. The van der Waals surface area contributed by atoms with Gasteiger partial charge in [0, 0.05) is 67.0 Å². The normalized spacial score (nSPS) is 12.2. The van der Waals surface area contributed by atoms with Crippen LogP contribution in [0, 0.1) is 0 Å². The van der Waals surface area contributed by atoms with Crippen LogP contribution in [0.15, 0.2) is 55.0 Å². The average molecular weight is 461 g/mol. The van der Waals surface area contributed by atoms with Crippen molar-refractivity contribution in [3.8, 4) is 22.8 Å². The maximum Gasteiger partial charge on any atom is 0.124 e. The van der Waals surface area contributed by atoms with Crippen molar-refractivity contribution in [3.63, 3.8) is 0 Å². The Morgan fingerprint density at radius 3 is 2.29 bits per heavy atom. The second kappa shape index (κ2) is 10.1. The summed E-state index contributed by atoms with van der Waals surface area (Å²) in [6, 6.07) is 12.6. The van der Waals surface area contributed by atoms with Crippen LogP contribution in [0.3, 0.4) is 0 Å². The Morgan fingerprint density at radius 1 is 0.941 bits per heavy atom. The van der Waals surface area contributed by atoms with Gasteiger partial charge >= 0.3 is 0 Å². The summed E-state index contributed by atoms with van der Waals surface area (Å²) in [5.41, 5.74) is 5.38. The first-order valence-electron chi connectivity index (χ1n) is 11.4. The molecule has 34 heavy (non-hydrogen) atoms. The van der Waals surface area contributed by atoms with Gasteiger partial charge in [-0.2, -0.15) is 5.10 Å². The fraction of sp³-hybridized carbons (Fsp3) is 0.346. The van der Waals surface area contributed by atoms with Crippen molar-refractivity contribution < 1.29 is 9.47 Å². The Kier molecular flexibility index (Phi) is 6.98. The van der Waals surface area contributed by atoms with E-state index in [0.29, 0.717) is 6.04 Å². The molecule has 8 nitrogen and oxygen atoms in total. The number of rotatable bonds is 9. The first-order valence-corrected chi connectivity index (χ1v) is 11.4. The third-order valence-electron chi connectivity index (χ3n) is 5.68. The molecule has 0 aliphatic rings. The molecule has 2 heterocycles.